The second-order valence-corrected chi connectivity index (χ2v) is 6.98. The number of hydrogen-bond donors (Lipinski definition) is 2. The number of fused-ring (bicyclic) bond motifs is 1. The molecule has 1 saturated carbocycles. The first kappa shape index (κ1) is 15.7. The zero-order valence-electron chi connectivity index (χ0n) is 13.4. The second-order valence-electron chi connectivity index (χ2n) is 6.98. The van der Waals surface area contributed by atoms with Crippen LogP contribution in [0.15, 0.2) is 24.3 Å². The molecule has 0 radical (unpaired) electrons. The van der Waals surface area contributed by atoms with Crippen LogP contribution in [0.3, 0.4) is 0 Å². The van der Waals surface area contributed by atoms with Crippen LogP contribution in [0.1, 0.15) is 50.2 Å². The van der Waals surface area contributed by atoms with Crippen LogP contribution in [0.4, 0.5) is 0 Å². The van der Waals surface area contributed by atoms with Crippen LogP contribution in [-0.4, -0.2) is 23.0 Å². The molecule has 120 valence electrons. The number of carbonyl (C=O) groups excluding carboxylic acids is 1. The Bertz CT molecular complexity index is 528. The molecule has 4 atom stereocenters. The Morgan fingerprint density at radius 2 is 2.00 bits per heavy atom. The van der Waals surface area contributed by atoms with Crippen LogP contribution in [0.25, 0.3) is 0 Å². The molecular weight excluding hydrogens is 274 g/mol. The summed E-state index contributed by atoms with van der Waals surface area (Å²) in [6.45, 7) is 2.98. The third-order valence-electron chi connectivity index (χ3n) is 5.55. The van der Waals surface area contributed by atoms with Crippen molar-refractivity contribution in [2.24, 2.45) is 11.8 Å². The lowest BCUT2D eigenvalue weighted by Crippen LogP contribution is -2.45. The predicted octanol–water partition coefficient (Wildman–Crippen LogP) is 2.85. The molecule has 3 nitrogen and oxygen atoms in total. The van der Waals surface area contributed by atoms with Gasteiger partial charge in [-0.2, -0.15) is 0 Å². The highest BCUT2D eigenvalue weighted by atomic mass is 16.3. The Kier molecular flexibility index (Phi) is 4.94. The smallest absolute Gasteiger partial charge is 0.136 e. The van der Waals surface area contributed by atoms with Gasteiger partial charge >= 0.3 is 0 Å². The number of hydrogen-bond acceptors (Lipinski definition) is 3. The van der Waals surface area contributed by atoms with Gasteiger partial charge in [-0.05, 0) is 42.7 Å². The molecule has 2 aliphatic rings. The molecule has 0 amide bonds. The van der Waals surface area contributed by atoms with E-state index in [9.17, 15) is 9.90 Å². The summed E-state index contributed by atoms with van der Waals surface area (Å²) < 4.78 is 0. The average molecular weight is 301 g/mol. The average Bonchev–Trinajstić information content (AvgIpc) is 2.56. The summed E-state index contributed by atoms with van der Waals surface area (Å²) in [7, 11) is 0. The number of carbonyl (C=O) groups is 1. The van der Waals surface area contributed by atoms with Crippen molar-refractivity contribution in [2.45, 2.75) is 64.1 Å². The Balaban J connectivity index is 1.57. The summed E-state index contributed by atoms with van der Waals surface area (Å²) in [6.07, 6.45) is 4.96. The van der Waals surface area contributed by atoms with Crippen LogP contribution in [0.5, 0.6) is 0 Å². The number of nitrogens with one attached hydrogen (secondary N) is 1. The minimum Gasteiger partial charge on any atom is -0.391 e. The second kappa shape index (κ2) is 6.93. The molecule has 1 heterocycles. The molecule has 0 bridgehead atoms. The number of rotatable bonds is 4. The van der Waals surface area contributed by atoms with Crippen molar-refractivity contribution in [2.75, 3.05) is 0 Å². The number of ketones is 1. The molecule has 1 aliphatic heterocycles. The molecule has 1 aromatic rings. The first-order chi connectivity index (χ1) is 10.7. The van der Waals surface area contributed by atoms with Crippen molar-refractivity contribution in [3.8, 4) is 0 Å². The van der Waals surface area contributed by atoms with Crippen molar-refractivity contribution in [1.29, 1.82) is 0 Å². The van der Waals surface area contributed by atoms with Gasteiger partial charge in [0.2, 0.25) is 0 Å². The monoisotopic (exact) mass is 301 g/mol. The van der Waals surface area contributed by atoms with Crippen molar-refractivity contribution in [3.63, 3.8) is 0 Å². The van der Waals surface area contributed by atoms with Crippen molar-refractivity contribution in [3.05, 3.63) is 35.4 Å². The summed E-state index contributed by atoms with van der Waals surface area (Å²) in [5.74, 6) is 1.01. The van der Waals surface area contributed by atoms with Crippen LogP contribution in [-0.2, 0) is 17.8 Å². The summed E-state index contributed by atoms with van der Waals surface area (Å²) >= 11 is 0. The third-order valence-corrected chi connectivity index (χ3v) is 5.55. The molecule has 3 heteroatoms. The highest BCUT2D eigenvalue weighted by molar-refractivity contribution is 5.82. The molecule has 2 unspecified atom stereocenters. The molecule has 1 fully saturated rings. The van der Waals surface area contributed by atoms with Gasteiger partial charge in [0.05, 0.1) is 6.10 Å². The Morgan fingerprint density at radius 3 is 2.73 bits per heavy atom. The van der Waals surface area contributed by atoms with E-state index in [0.29, 0.717) is 18.1 Å². The van der Waals surface area contributed by atoms with Crippen molar-refractivity contribution >= 4 is 5.78 Å². The van der Waals surface area contributed by atoms with Crippen LogP contribution in [0.2, 0.25) is 0 Å². The molecule has 0 saturated heterocycles. The Hall–Kier alpha value is -1.19. The SMILES string of the molecule is CCC1CCC(C[C@@H](O)[C@@H]2Cc3ccccc3CN2)C(=O)C1. The number of Topliss-reactive ketones (excluding diaryl/α,β-unsaturated/α-hetero) is 1. The largest absolute Gasteiger partial charge is 0.391 e. The highest BCUT2D eigenvalue weighted by Crippen LogP contribution is 2.31. The number of aliphatic hydroxyl groups is 1. The van der Waals surface area contributed by atoms with E-state index in [1.54, 1.807) is 0 Å². The quantitative estimate of drug-likeness (QED) is 0.899. The Labute approximate surface area is 133 Å². The van der Waals surface area contributed by atoms with E-state index in [0.717, 1.165) is 38.6 Å². The van der Waals surface area contributed by atoms with Gasteiger partial charge in [-0.15, -0.1) is 0 Å². The first-order valence-corrected chi connectivity index (χ1v) is 8.68. The molecule has 1 aromatic carbocycles. The van der Waals surface area contributed by atoms with Crippen LogP contribution >= 0.6 is 0 Å². The maximum atomic E-state index is 12.2. The topological polar surface area (TPSA) is 49.3 Å². The van der Waals surface area contributed by atoms with Gasteiger partial charge < -0.3 is 10.4 Å². The minimum absolute atomic E-state index is 0.0665. The summed E-state index contributed by atoms with van der Waals surface area (Å²) in [5.41, 5.74) is 2.65. The fraction of sp³-hybridized carbons (Fsp3) is 0.632. The maximum absolute atomic E-state index is 12.2. The summed E-state index contributed by atoms with van der Waals surface area (Å²) in [6, 6.07) is 8.48. The van der Waals surface area contributed by atoms with Gasteiger partial charge in [0.1, 0.15) is 5.78 Å². The normalized spacial score (nSPS) is 29.9. The molecule has 2 N–H and O–H groups in total. The molecule has 0 spiro atoms. The lowest BCUT2D eigenvalue weighted by atomic mass is 9.76. The van der Waals surface area contributed by atoms with E-state index >= 15 is 0 Å². The van der Waals surface area contributed by atoms with E-state index in [1.165, 1.54) is 11.1 Å². The standard InChI is InChI=1S/C19H27NO2/c1-2-13-7-8-15(18(21)9-13)11-19(22)17-10-14-5-3-4-6-16(14)12-20-17/h3-6,13,15,17,19-20,22H,2,7-12H2,1H3/t13?,15?,17-,19+/m0/s1. The molecule has 1 aliphatic carbocycles. The van der Waals surface area contributed by atoms with Gasteiger partial charge in [0.25, 0.3) is 0 Å². The van der Waals surface area contributed by atoms with E-state index in [4.69, 9.17) is 0 Å². The molecule has 3 rings (SSSR count). The molecule has 22 heavy (non-hydrogen) atoms. The van der Waals surface area contributed by atoms with Gasteiger partial charge in [-0.1, -0.05) is 37.6 Å². The van der Waals surface area contributed by atoms with E-state index < -0.39 is 6.10 Å². The predicted molar refractivity (Wildman–Crippen MR) is 87.5 cm³/mol. The van der Waals surface area contributed by atoms with Gasteiger partial charge in [0.15, 0.2) is 0 Å². The van der Waals surface area contributed by atoms with Crippen LogP contribution in [0, 0.1) is 11.8 Å². The van der Waals surface area contributed by atoms with Crippen LogP contribution < -0.4 is 5.32 Å². The zero-order valence-corrected chi connectivity index (χ0v) is 13.4. The molecule has 0 aromatic heterocycles. The van der Waals surface area contributed by atoms with Gasteiger partial charge in [-0.25, -0.2) is 0 Å². The fourth-order valence-corrected chi connectivity index (χ4v) is 3.96. The Morgan fingerprint density at radius 1 is 1.23 bits per heavy atom. The molecular formula is C19H27NO2. The van der Waals surface area contributed by atoms with Gasteiger partial charge in [-0.3, -0.25) is 4.79 Å². The highest BCUT2D eigenvalue weighted by Gasteiger charge is 2.32. The van der Waals surface area contributed by atoms with Crippen molar-refractivity contribution in [1.82, 2.24) is 5.32 Å². The maximum Gasteiger partial charge on any atom is 0.136 e. The van der Waals surface area contributed by atoms with E-state index in [1.807, 2.05) is 0 Å². The van der Waals surface area contributed by atoms with Gasteiger partial charge in [0, 0.05) is 24.9 Å². The fourth-order valence-electron chi connectivity index (χ4n) is 3.96. The van der Waals surface area contributed by atoms with Crippen molar-refractivity contribution < 1.29 is 9.90 Å². The number of benzene rings is 1. The summed E-state index contributed by atoms with van der Waals surface area (Å²) in [4.78, 5) is 12.2. The first-order valence-electron chi connectivity index (χ1n) is 8.68. The summed E-state index contributed by atoms with van der Waals surface area (Å²) in [5, 5.41) is 14.0. The van der Waals surface area contributed by atoms with E-state index in [-0.39, 0.29) is 12.0 Å². The van der Waals surface area contributed by atoms with E-state index in [2.05, 4.69) is 36.5 Å². The minimum atomic E-state index is -0.430. The third kappa shape index (κ3) is 3.41. The number of aliphatic hydroxyl groups excluding tert-OH is 1. The lowest BCUT2D eigenvalue weighted by molar-refractivity contribution is -0.127. The lowest BCUT2D eigenvalue weighted by Gasteiger charge is -2.33. The zero-order chi connectivity index (χ0) is 15.5.